The van der Waals surface area contributed by atoms with Crippen LogP contribution in [0.1, 0.15) is 11.6 Å². The minimum Gasteiger partial charge on any atom is -0.492 e. The highest BCUT2D eigenvalue weighted by molar-refractivity contribution is 9.10. The molecule has 1 N–H and O–H groups in total. The van der Waals surface area contributed by atoms with Crippen molar-refractivity contribution < 1.29 is 8.95 Å². The Morgan fingerprint density at radius 1 is 1.19 bits per heavy atom. The molecule has 3 rings (SSSR count). The molecule has 0 bridgehead atoms. The first kappa shape index (κ1) is 14.8. The van der Waals surface area contributed by atoms with Gasteiger partial charge in [0.25, 0.3) is 0 Å². The molecule has 110 valence electrons. The van der Waals surface area contributed by atoms with E-state index in [1.165, 1.54) is 0 Å². The van der Waals surface area contributed by atoms with Gasteiger partial charge in [0, 0.05) is 10.0 Å². The Balaban J connectivity index is 1.96. The zero-order valence-electron chi connectivity index (χ0n) is 11.6. The lowest BCUT2D eigenvalue weighted by Crippen LogP contribution is -2.40. The minimum absolute atomic E-state index is 0.0166. The molecule has 0 saturated carbocycles. The molecule has 0 radical (unpaired) electrons. The van der Waals surface area contributed by atoms with Crippen LogP contribution >= 0.6 is 15.9 Å². The molecule has 1 aliphatic heterocycles. The summed E-state index contributed by atoms with van der Waals surface area (Å²) in [4.78, 5) is 0.811. The minimum atomic E-state index is -1.15. The Kier molecular flexibility index (Phi) is 4.42. The monoisotopic (exact) mass is 365 g/mol. The number of para-hydroxylation sites is 1. The Morgan fingerprint density at radius 3 is 2.67 bits per heavy atom. The van der Waals surface area contributed by atoms with Crippen LogP contribution in [0.4, 0.5) is 0 Å². The number of fused-ring (bicyclic) bond motifs is 1. The van der Waals surface area contributed by atoms with Crippen molar-refractivity contribution in [2.75, 3.05) is 13.7 Å². The second kappa shape index (κ2) is 6.30. The van der Waals surface area contributed by atoms with Crippen LogP contribution in [0.25, 0.3) is 0 Å². The summed E-state index contributed by atoms with van der Waals surface area (Å²) in [6.45, 7) is 0.441. The Morgan fingerprint density at radius 2 is 1.90 bits per heavy atom. The summed E-state index contributed by atoms with van der Waals surface area (Å²) in [7, 11) is 0.747. The number of benzene rings is 2. The summed E-state index contributed by atoms with van der Waals surface area (Å²) < 4.78 is 19.6. The van der Waals surface area contributed by atoms with E-state index < -0.39 is 10.8 Å². The van der Waals surface area contributed by atoms with Crippen molar-refractivity contribution >= 4 is 26.7 Å². The molecule has 1 aliphatic rings. The third-order valence-corrected chi connectivity index (χ3v) is 6.37. The summed E-state index contributed by atoms with van der Waals surface area (Å²) in [5.74, 6) is 0.872. The molecule has 2 aromatic rings. The van der Waals surface area contributed by atoms with Crippen LogP contribution in [-0.2, 0) is 10.8 Å². The Labute approximate surface area is 135 Å². The van der Waals surface area contributed by atoms with Gasteiger partial charge in [0.1, 0.15) is 12.4 Å². The van der Waals surface area contributed by atoms with Crippen molar-refractivity contribution in [1.29, 1.82) is 0 Å². The molecule has 5 heteroatoms. The average Bonchev–Trinajstić information content (AvgIpc) is 2.53. The molecule has 2 aromatic carbocycles. The first-order valence-corrected chi connectivity index (χ1v) is 8.77. The van der Waals surface area contributed by atoms with Crippen molar-refractivity contribution in [3.8, 4) is 5.75 Å². The third-order valence-electron chi connectivity index (χ3n) is 3.67. The molecule has 0 fully saturated rings. The summed E-state index contributed by atoms with van der Waals surface area (Å²) in [6, 6.07) is 15.6. The van der Waals surface area contributed by atoms with Gasteiger partial charge < -0.3 is 10.1 Å². The zero-order chi connectivity index (χ0) is 14.8. The van der Waals surface area contributed by atoms with E-state index in [-0.39, 0.29) is 11.3 Å². The predicted octanol–water partition coefficient (Wildman–Crippen LogP) is 3.28. The largest absolute Gasteiger partial charge is 0.492 e. The number of hydrogen-bond donors (Lipinski definition) is 1. The first-order chi connectivity index (χ1) is 10.2. The maximum absolute atomic E-state index is 13.0. The lowest BCUT2D eigenvalue weighted by atomic mass is 10.0. The predicted molar refractivity (Wildman–Crippen MR) is 88.1 cm³/mol. The highest BCUT2D eigenvalue weighted by Crippen LogP contribution is 2.36. The van der Waals surface area contributed by atoms with E-state index in [9.17, 15) is 4.21 Å². The molecule has 0 aromatic heterocycles. The Hall–Kier alpha value is -1.17. The fourth-order valence-electron chi connectivity index (χ4n) is 2.64. The lowest BCUT2D eigenvalue weighted by molar-refractivity contribution is 0.262. The number of nitrogens with one attached hydrogen (secondary N) is 1. The lowest BCUT2D eigenvalue weighted by Gasteiger charge is -2.33. The van der Waals surface area contributed by atoms with Crippen LogP contribution in [0.15, 0.2) is 57.9 Å². The Bertz CT molecular complexity index is 677. The van der Waals surface area contributed by atoms with E-state index in [0.29, 0.717) is 6.61 Å². The maximum Gasteiger partial charge on any atom is 0.124 e. The van der Waals surface area contributed by atoms with Gasteiger partial charge in [-0.1, -0.05) is 30.3 Å². The summed E-state index contributed by atoms with van der Waals surface area (Å²) >= 11 is 3.48. The van der Waals surface area contributed by atoms with Crippen LogP contribution in [-0.4, -0.2) is 23.1 Å². The van der Waals surface area contributed by atoms with Gasteiger partial charge in [-0.3, -0.25) is 4.21 Å². The van der Waals surface area contributed by atoms with Crippen LogP contribution in [0.3, 0.4) is 0 Å². The molecule has 3 atom stereocenters. The molecule has 1 heterocycles. The van der Waals surface area contributed by atoms with Gasteiger partial charge in [-0.05, 0) is 41.2 Å². The van der Waals surface area contributed by atoms with Crippen molar-refractivity contribution in [3.05, 3.63) is 58.6 Å². The van der Waals surface area contributed by atoms with E-state index in [4.69, 9.17) is 4.74 Å². The molecule has 3 unspecified atom stereocenters. The van der Waals surface area contributed by atoms with E-state index in [2.05, 4.69) is 21.2 Å². The molecule has 21 heavy (non-hydrogen) atoms. The van der Waals surface area contributed by atoms with Gasteiger partial charge in [-0.25, -0.2) is 0 Å². The number of rotatable bonds is 3. The van der Waals surface area contributed by atoms with Gasteiger partial charge in [-0.2, -0.15) is 0 Å². The molecule has 0 saturated heterocycles. The second-order valence-corrected chi connectivity index (χ2v) is 7.38. The molecule has 0 spiro atoms. The van der Waals surface area contributed by atoms with Crippen molar-refractivity contribution in [2.24, 2.45) is 0 Å². The molecule has 0 aliphatic carbocycles. The maximum atomic E-state index is 13.0. The molecular formula is C16H16BrNO2S. The van der Waals surface area contributed by atoms with Gasteiger partial charge in [0.05, 0.1) is 27.0 Å². The number of ether oxygens (including phenoxy) is 1. The molecule has 3 nitrogen and oxygen atoms in total. The standard InChI is InChI=1S/C16H16BrNO2S/c1-18-16-11-6-2-4-8-13(11)20-10-15(16)21(19)14-9-5-3-7-12(14)17/h2-9,15-16,18H,10H2,1H3. The fraction of sp³-hybridized carbons (Fsp3) is 0.250. The molecule has 0 amide bonds. The number of hydrogen-bond acceptors (Lipinski definition) is 3. The van der Waals surface area contributed by atoms with E-state index >= 15 is 0 Å². The first-order valence-electron chi connectivity index (χ1n) is 6.76. The van der Waals surface area contributed by atoms with Crippen molar-refractivity contribution in [3.63, 3.8) is 0 Å². The van der Waals surface area contributed by atoms with Gasteiger partial charge in [-0.15, -0.1) is 0 Å². The summed E-state index contributed by atoms with van der Waals surface area (Å²) in [5, 5.41) is 3.17. The normalized spacial score (nSPS) is 22.2. The fourth-order valence-corrected chi connectivity index (χ4v) is 4.92. The van der Waals surface area contributed by atoms with Crippen LogP contribution in [0.5, 0.6) is 5.75 Å². The van der Waals surface area contributed by atoms with Gasteiger partial charge in [0.15, 0.2) is 0 Å². The average molecular weight is 366 g/mol. The van der Waals surface area contributed by atoms with Gasteiger partial charge >= 0.3 is 0 Å². The second-order valence-electron chi connectivity index (χ2n) is 4.88. The van der Waals surface area contributed by atoms with Crippen LogP contribution < -0.4 is 10.1 Å². The smallest absolute Gasteiger partial charge is 0.124 e. The van der Waals surface area contributed by atoms with E-state index in [1.807, 2.05) is 55.6 Å². The highest BCUT2D eigenvalue weighted by atomic mass is 79.9. The molecular weight excluding hydrogens is 350 g/mol. The van der Waals surface area contributed by atoms with E-state index in [0.717, 1.165) is 20.7 Å². The van der Waals surface area contributed by atoms with E-state index in [1.54, 1.807) is 0 Å². The van der Waals surface area contributed by atoms with Gasteiger partial charge in [0.2, 0.25) is 0 Å². The SMILES string of the molecule is CNC1c2ccccc2OCC1S(=O)c1ccccc1Br. The summed E-state index contributed by atoms with van der Waals surface area (Å²) in [5.41, 5.74) is 1.07. The third kappa shape index (κ3) is 2.78. The highest BCUT2D eigenvalue weighted by Gasteiger charge is 2.35. The van der Waals surface area contributed by atoms with Crippen molar-refractivity contribution in [1.82, 2.24) is 5.32 Å². The summed E-state index contributed by atoms with van der Waals surface area (Å²) in [6.07, 6.45) is 0. The quantitative estimate of drug-likeness (QED) is 0.906. The zero-order valence-corrected chi connectivity index (χ0v) is 14.0. The van der Waals surface area contributed by atoms with Crippen LogP contribution in [0.2, 0.25) is 0 Å². The van der Waals surface area contributed by atoms with Crippen LogP contribution in [0, 0.1) is 0 Å². The number of halogens is 1. The van der Waals surface area contributed by atoms with Crippen molar-refractivity contribution in [2.45, 2.75) is 16.2 Å². The topological polar surface area (TPSA) is 38.3 Å².